The molecule has 1 saturated carbocycles. The van der Waals surface area contributed by atoms with Gasteiger partial charge in [0.15, 0.2) is 22.1 Å². The molecule has 4 rings (SSSR count). The van der Waals surface area contributed by atoms with Crippen LogP contribution in [0.4, 0.5) is 5.82 Å². The van der Waals surface area contributed by atoms with Gasteiger partial charge in [-0.1, -0.05) is 35.0 Å². The van der Waals surface area contributed by atoms with Gasteiger partial charge in [0.1, 0.15) is 6.33 Å². The fraction of sp³-hybridized carbons (Fsp3) is 0.389. The molecule has 0 bridgehead atoms. The van der Waals surface area contributed by atoms with E-state index < -0.39 is 0 Å². The largest absolute Gasteiger partial charge is 0.382 e. The Morgan fingerprint density at radius 3 is 2.64 bits per heavy atom. The fourth-order valence-electron chi connectivity index (χ4n) is 3.07. The van der Waals surface area contributed by atoms with Crippen molar-refractivity contribution in [3.63, 3.8) is 0 Å². The highest BCUT2D eigenvalue weighted by Gasteiger charge is 2.27. The zero-order valence-electron chi connectivity index (χ0n) is 15.3. The van der Waals surface area contributed by atoms with Crippen molar-refractivity contribution < 1.29 is 0 Å². The van der Waals surface area contributed by atoms with Crippen molar-refractivity contribution in [1.29, 1.82) is 0 Å². The SMILES string of the molecule is C[C@H](NCCn1c(Sc2cc(Cl)cc(Cl)c2)nc2c(N)ncnc21)C1CC1.S. The Kier molecular flexibility index (Phi) is 6.98. The van der Waals surface area contributed by atoms with Crippen LogP contribution in [0.2, 0.25) is 10.0 Å². The van der Waals surface area contributed by atoms with E-state index >= 15 is 0 Å². The molecule has 0 aliphatic heterocycles. The molecule has 1 atom stereocenters. The van der Waals surface area contributed by atoms with Crippen molar-refractivity contribution in [1.82, 2.24) is 24.8 Å². The summed E-state index contributed by atoms with van der Waals surface area (Å²) >= 11 is 13.8. The number of nitrogens with zero attached hydrogens (tertiary/aromatic N) is 4. The van der Waals surface area contributed by atoms with Crippen LogP contribution >= 0.6 is 48.5 Å². The molecular weight excluding hydrogens is 435 g/mol. The van der Waals surface area contributed by atoms with Gasteiger partial charge in [0.2, 0.25) is 0 Å². The average molecular weight is 457 g/mol. The molecule has 1 aromatic carbocycles. The molecule has 0 saturated heterocycles. The molecule has 1 fully saturated rings. The van der Waals surface area contributed by atoms with E-state index in [1.165, 1.54) is 30.9 Å². The van der Waals surface area contributed by atoms with Gasteiger partial charge in [-0.05, 0) is 43.9 Å². The van der Waals surface area contributed by atoms with Crippen molar-refractivity contribution in [2.45, 2.75) is 42.4 Å². The number of aromatic nitrogens is 4. The second-order valence-corrected chi connectivity index (χ2v) is 8.68. The van der Waals surface area contributed by atoms with Crippen LogP contribution in [0.25, 0.3) is 11.2 Å². The first-order valence-electron chi connectivity index (χ1n) is 8.85. The summed E-state index contributed by atoms with van der Waals surface area (Å²) in [7, 11) is 0. The summed E-state index contributed by atoms with van der Waals surface area (Å²) in [5.41, 5.74) is 7.36. The second-order valence-electron chi connectivity index (χ2n) is 6.76. The normalized spacial score (nSPS) is 14.8. The molecule has 150 valence electrons. The van der Waals surface area contributed by atoms with E-state index in [0.29, 0.717) is 27.4 Å². The Hall–Kier alpha value is -1.19. The molecule has 6 nitrogen and oxygen atoms in total. The van der Waals surface area contributed by atoms with Crippen LogP contribution in [0.15, 0.2) is 34.6 Å². The van der Waals surface area contributed by atoms with Crippen molar-refractivity contribution in [2.24, 2.45) is 5.92 Å². The lowest BCUT2D eigenvalue weighted by Crippen LogP contribution is -2.31. The van der Waals surface area contributed by atoms with E-state index in [4.69, 9.17) is 28.9 Å². The van der Waals surface area contributed by atoms with Gasteiger partial charge in [-0.25, -0.2) is 15.0 Å². The summed E-state index contributed by atoms with van der Waals surface area (Å²) in [6.07, 6.45) is 4.12. The number of fused-ring (bicyclic) bond motifs is 1. The van der Waals surface area contributed by atoms with Crippen LogP contribution in [0.1, 0.15) is 19.8 Å². The third kappa shape index (κ3) is 4.86. The summed E-state index contributed by atoms with van der Waals surface area (Å²) in [5, 5.41) is 5.56. The fourth-order valence-corrected chi connectivity index (χ4v) is 4.74. The van der Waals surface area contributed by atoms with E-state index in [2.05, 4.69) is 31.8 Å². The van der Waals surface area contributed by atoms with Crippen LogP contribution in [0.5, 0.6) is 0 Å². The highest BCUT2D eigenvalue weighted by molar-refractivity contribution is 7.99. The Morgan fingerprint density at radius 1 is 1.25 bits per heavy atom. The predicted octanol–water partition coefficient (Wildman–Crippen LogP) is 4.37. The highest BCUT2D eigenvalue weighted by atomic mass is 35.5. The van der Waals surface area contributed by atoms with E-state index in [1.54, 1.807) is 6.07 Å². The van der Waals surface area contributed by atoms with E-state index in [1.807, 2.05) is 12.1 Å². The number of benzene rings is 1. The first-order chi connectivity index (χ1) is 13.0. The lowest BCUT2D eigenvalue weighted by molar-refractivity contribution is 0.469. The van der Waals surface area contributed by atoms with E-state index in [-0.39, 0.29) is 13.5 Å². The molecule has 2 heterocycles. The lowest BCUT2D eigenvalue weighted by atomic mass is 10.2. The van der Waals surface area contributed by atoms with Crippen LogP contribution < -0.4 is 11.1 Å². The number of nitrogen functional groups attached to an aromatic ring is 1. The number of hydrogen-bond acceptors (Lipinski definition) is 6. The number of halogens is 2. The molecule has 3 N–H and O–H groups in total. The van der Waals surface area contributed by atoms with Crippen LogP contribution in [0, 0.1) is 5.92 Å². The van der Waals surface area contributed by atoms with E-state index in [0.717, 1.165) is 34.7 Å². The number of anilines is 1. The minimum atomic E-state index is 0. The molecule has 0 unspecified atom stereocenters. The Labute approximate surface area is 185 Å². The van der Waals surface area contributed by atoms with Crippen molar-refractivity contribution in [3.05, 3.63) is 34.6 Å². The molecule has 0 spiro atoms. The topological polar surface area (TPSA) is 81.7 Å². The van der Waals surface area contributed by atoms with E-state index in [9.17, 15) is 0 Å². The average Bonchev–Trinajstić information content (AvgIpc) is 3.39. The molecule has 0 amide bonds. The van der Waals surface area contributed by atoms with Crippen molar-refractivity contribution in [2.75, 3.05) is 12.3 Å². The van der Waals surface area contributed by atoms with Crippen LogP contribution in [0.3, 0.4) is 0 Å². The quantitative estimate of drug-likeness (QED) is 0.549. The maximum atomic E-state index is 6.14. The number of nitrogens with two attached hydrogens (primary N) is 1. The Balaban J connectivity index is 0.00000225. The summed E-state index contributed by atoms with van der Waals surface area (Å²) in [6, 6.07) is 5.97. The monoisotopic (exact) mass is 456 g/mol. The van der Waals surface area contributed by atoms with Gasteiger partial charge < -0.3 is 15.6 Å². The van der Waals surface area contributed by atoms with Crippen LogP contribution in [-0.4, -0.2) is 32.1 Å². The third-order valence-corrected chi connectivity index (χ3v) is 6.10. The molecule has 3 aromatic rings. The van der Waals surface area contributed by atoms with Gasteiger partial charge >= 0.3 is 0 Å². The number of nitrogens with one attached hydrogen (secondary N) is 1. The van der Waals surface area contributed by atoms with Gasteiger partial charge in [-0.2, -0.15) is 13.5 Å². The van der Waals surface area contributed by atoms with Crippen LogP contribution in [-0.2, 0) is 6.54 Å². The molecular formula is C18H22Cl2N6S2. The number of hydrogen-bond donors (Lipinski definition) is 2. The number of rotatable bonds is 7. The molecule has 1 aliphatic rings. The highest BCUT2D eigenvalue weighted by Crippen LogP contribution is 2.34. The third-order valence-electron chi connectivity index (χ3n) is 4.70. The maximum absolute atomic E-state index is 6.14. The minimum Gasteiger partial charge on any atom is -0.382 e. The Bertz CT molecular complexity index is 956. The molecule has 2 aromatic heterocycles. The van der Waals surface area contributed by atoms with Gasteiger partial charge in [0.05, 0.1) is 0 Å². The first-order valence-corrected chi connectivity index (χ1v) is 10.4. The molecule has 10 heteroatoms. The lowest BCUT2D eigenvalue weighted by Gasteiger charge is -2.14. The number of imidazole rings is 1. The Morgan fingerprint density at radius 2 is 1.96 bits per heavy atom. The first kappa shape index (κ1) is 21.5. The molecule has 1 aliphatic carbocycles. The summed E-state index contributed by atoms with van der Waals surface area (Å²) in [5.74, 6) is 1.19. The summed E-state index contributed by atoms with van der Waals surface area (Å²) in [4.78, 5) is 14.0. The smallest absolute Gasteiger partial charge is 0.175 e. The summed E-state index contributed by atoms with van der Waals surface area (Å²) in [6.45, 7) is 3.81. The standard InChI is InChI=1S/C18H20Cl2N6S.H2S/c1-10(11-2-3-11)22-4-5-26-17-15(16(21)23-9-24-17)25-18(26)27-14-7-12(19)6-13(20)8-14;/h6-11,22H,2-5H2,1H3,(H2,21,23,24);1H2/t10-;/m0./s1. The van der Waals surface area contributed by atoms with Crippen molar-refractivity contribution >= 4 is 65.4 Å². The van der Waals surface area contributed by atoms with Gasteiger partial charge in [-0.15, -0.1) is 0 Å². The maximum Gasteiger partial charge on any atom is 0.175 e. The molecule has 0 radical (unpaired) electrons. The van der Waals surface area contributed by atoms with Gasteiger partial charge in [-0.3, -0.25) is 0 Å². The molecule has 28 heavy (non-hydrogen) atoms. The van der Waals surface area contributed by atoms with Gasteiger partial charge in [0, 0.05) is 34.1 Å². The zero-order valence-corrected chi connectivity index (χ0v) is 18.7. The van der Waals surface area contributed by atoms with Gasteiger partial charge in [0.25, 0.3) is 0 Å². The van der Waals surface area contributed by atoms with Crippen molar-refractivity contribution in [3.8, 4) is 0 Å². The zero-order chi connectivity index (χ0) is 19.0. The predicted molar refractivity (Wildman–Crippen MR) is 121 cm³/mol. The minimum absolute atomic E-state index is 0. The summed E-state index contributed by atoms with van der Waals surface area (Å²) < 4.78 is 2.07. The second kappa shape index (κ2) is 9.09.